The molecular weight excluding hydrogens is 294 g/mol. The summed E-state index contributed by atoms with van der Waals surface area (Å²) in [6.07, 6.45) is 0.723. The van der Waals surface area contributed by atoms with Crippen LogP contribution in [0.5, 0.6) is 0 Å². The van der Waals surface area contributed by atoms with Crippen LogP contribution in [0.3, 0.4) is 0 Å². The Balaban J connectivity index is 1.77. The number of rotatable bonds is 4. The smallest absolute Gasteiger partial charge is 0.269 e. The molecule has 1 aliphatic heterocycles. The number of nitro benzene ring substituents is 1. The highest BCUT2D eigenvalue weighted by Crippen LogP contribution is 2.27. The first-order chi connectivity index (χ1) is 11.1. The minimum Gasteiger partial charge on any atom is -0.363 e. The zero-order chi connectivity index (χ0) is 16.4. The van der Waals surface area contributed by atoms with Gasteiger partial charge in [-0.15, -0.1) is 0 Å². The number of carbonyl (C=O) groups excluding carboxylic acids is 1. The molecule has 6 nitrogen and oxygen atoms in total. The van der Waals surface area contributed by atoms with E-state index >= 15 is 0 Å². The number of nitro groups is 1. The van der Waals surface area contributed by atoms with Crippen LogP contribution < -0.4 is 9.80 Å². The summed E-state index contributed by atoms with van der Waals surface area (Å²) >= 11 is 0. The second-order valence-electron chi connectivity index (χ2n) is 5.51. The topological polar surface area (TPSA) is 66.7 Å². The molecule has 0 aromatic heterocycles. The van der Waals surface area contributed by atoms with Gasteiger partial charge in [-0.1, -0.05) is 18.2 Å². The molecule has 3 rings (SSSR count). The van der Waals surface area contributed by atoms with Gasteiger partial charge in [0.2, 0.25) is 5.91 Å². The molecule has 1 unspecified atom stereocenters. The maximum Gasteiger partial charge on any atom is 0.269 e. The van der Waals surface area contributed by atoms with Gasteiger partial charge in [0.25, 0.3) is 5.69 Å². The van der Waals surface area contributed by atoms with Crippen LogP contribution >= 0.6 is 0 Å². The molecule has 1 amide bonds. The molecule has 2 aromatic carbocycles. The number of hydrogen-bond acceptors (Lipinski definition) is 4. The van der Waals surface area contributed by atoms with E-state index in [1.165, 1.54) is 12.1 Å². The predicted molar refractivity (Wildman–Crippen MR) is 88.7 cm³/mol. The summed E-state index contributed by atoms with van der Waals surface area (Å²) in [6, 6.07) is 15.6. The van der Waals surface area contributed by atoms with Gasteiger partial charge in [-0.05, 0) is 30.7 Å². The molecule has 0 N–H and O–H groups in total. The van der Waals surface area contributed by atoms with Gasteiger partial charge in [0.1, 0.15) is 6.04 Å². The largest absolute Gasteiger partial charge is 0.363 e. The average molecular weight is 311 g/mol. The molecule has 118 valence electrons. The fraction of sp³-hybridized carbons (Fsp3) is 0.235. The highest BCUT2D eigenvalue weighted by atomic mass is 16.6. The Bertz CT molecular complexity index is 716. The first kappa shape index (κ1) is 15.0. The van der Waals surface area contributed by atoms with Crippen molar-refractivity contribution < 1.29 is 9.72 Å². The van der Waals surface area contributed by atoms with Crippen LogP contribution in [-0.4, -0.2) is 30.5 Å². The Kier molecular flexibility index (Phi) is 3.97. The fourth-order valence-corrected chi connectivity index (χ4v) is 2.88. The second kappa shape index (κ2) is 6.08. The quantitative estimate of drug-likeness (QED) is 0.643. The highest BCUT2D eigenvalue weighted by Gasteiger charge is 2.35. The third-order valence-corrected chi connectivity index (χ3v) is 4.18. The summed E-state index contributed by atoms with van der Waals surface area (Å²) < 4.78 is 0. The van der Waals surface area contributed by atoms with Crippen LogP contribution in [-0.2, 0) is 4.79 Å². The lowest BCUT2D eigenvalue weighted by Gasteiger charge is -2.25. The summed E-state index contributed by atoms with van der Waals surface area (Å²) in [5, 5.41) is 10.7. The van der Waals surface area contributed by atoms with E-state index in [0.717, 1.165) is 17.8 Å². The van der Waals surface area contributed by atoms with E-state index in [4.69, 9.17) is 0 Å². The summed E-state index contributed by atoms with van der Waals surface area (Å²) in [7, 11) is 1.85. The van der Waals surface area contributed by atoms with Crippen molar-refractivity contribution in [2.24, 2.45) is 0 Å². The number of non-ortho nitro benzene ring substituents is 1. The van der Waals surface area contributed by atoms with Gasteiger partial charge in [-0.2, -0.15) is 0 Å². The lowest BCUT2D eigenvalue weighted by atomic mass is 10.2. The minimum absolute atomic E-state index is 0.0470. The third kappa shape index (κ3) is 2.88. The summed E-state index contributed by atoms with van der Waals surface area (Å²) in [5.41, 5.74) is 1.74. The molecule has 0 spiro atoms. The summed E-state index contributed by atoms with van der Waals surface area (Å²) in [6.45, 7) is 0.671. The van der Waals surface area contributed by atoms with E-state index in [1.807, 2.05) is 42.3 Å². The van der Waals surface area contributed by atoms with E-state index in [9.17, 15) is 14.9 Å². The molecule has 1 saturated heterocycles. The molecular formula is C17H17N3O3. The standard InChI is InChI=1S/C17H17N3O3/c1-18(13-7-9-15(10-8-13)20(22)23)16-11-12-19(17(16)21)14-5-3-2-4-6-14/h2-10,16H,11-12H2,1H3. The van der Waals surface area contributed by atoms with E-state index in [-0.39, 0.29) is 17.6 Å². The van der Waals surface area contributed by atoms with Crippen LogP contribution in [0.1, 0.15) is 6.42 Å². The summed E-state index contributed by atoms with van der Waals surface area (Å²) in [5.74, 6) is 0.0528. The van der Waals surface area contributed by atoms with E-state index in [2.05, 4.69) is 0 Å². The first-order valence-electron chi connectivity index (χ1n) is 7.41. The SMILES string of the molecule is CN(c1ccc([N+](=O)[O-])cc1)C1CCN(c2ccccc2)C1=O. The van der Waals surface area contributed by atoms with Crippen molar-refractivity contribution in [3.05, 3.63) is 64.7 Å². The number of benzene rings is 2. The maximum atomic E-state index is 12.7. The maximum absolute atomic E-state index is 12.7. The lowest BCUT2D eigenvalue weighted by Crippen LogP contribution is -2.39. The van der Waals surface area contributed by atoms with Gasteiger partial charge in [0, 0.05) is 37.1 Å². The van der Waals surface area contributed by atoms with Crippen LogP contribution in [0.15, 0.2) is 54.6 Å². The van der Waals surface area contributed by atoms with Crippen LogP contribution in [0.2, 0.25) is 0 Å². The molecule has 1 heterocycles. The van der Waals surface area contributed by atoms with E-state index in [0.29, 0.717) is 6.54 Å². The number of hydrogen-bond donors (Lipinski definition) is 0. The van der Waals surface area contributed by atoms with E-state index < -0.39 is 4.92 Å². The van der Waals surface area contributed by atoms with Gasteiger partial charge in [-0.3, -0.25) is 14.9 Å². The fourth-order valence-electron chi connectivity index (χ4n) is 2.88. The summed E-state index contributed by atoms with van der Waals surface area (Å²) in [4.78, 5) is 26.6. The molecule has 0 saturated carbocycles. The Labute approximate surface area is 134 Å². The molecule has 1 fully saturated rings. The van der Waals surface area contributed by atoms with Crippen molar-refractivity contribution in [1.29, 1.82) is 0 Å². The van der Waals surface area contributed by atoms with Gasteiger partial charge in [0.05, 0.1) is 4.92 Å². The van der Waals surface area contributed by atoms with Crippen molar-refractivity contribution >= 4 is 23.0 Å². The van der Waals surface area contributed by atoms with Crippen molar-refractivity contribution in [2.45, 2.75) is 12.5 Å². The lowest BCUT2D eigenvalue weighted by molar-refractivity contribution is -0.384. The number of para-hydroxylation sites is 1. The zero-order valence-corrected chi connectivity index (χ0v) is 12.8. The van der Waals surface area contributed by atoms with Crippen molar-refractivity contribution in [3.8, 4) is 0 Å². The number of likely N-dealkylation sites (N-methyl/N-ethyl adjacent to an activating group) is 1. The second-order valence-corrected chi connectivity index (χ2v) is 5.51. The van der Waals surface area contributed by atoms with Crippen molar-refractivity contribution in [1.82, 2.24) is 0 Å². The third-order valence-electron chi connectivity index (χ3n) is 4.18. The van der Waals surface area contributed by atoms with Crippen molar-refractivity contribution in [3.63, 3.8) is 0 Å². The van der Waals surface area contributed by atoms with Crippen LogP contribution in [0.4, 0.5) is 17.1 Å². The number of anilines is 2. The van der Waals surface area contributed by atoms with Gasteiger partial charge in [-0.25, -0.2) is 0 Å². The number of nitrogens with zero attached hydrogens (tertiary/aromatic N) is 3. The predicted octanol–water partition coefficient (Wildman–Crippen LogP) is 2.84. The van der Waals surface area contributed by atoms with Gasteiger partial charge in [0.15, 0.2) is 0 Å². The highest BCUT2D eigenvalue weighted by molar-refractivity contribution is 6.01. The Hall–Kier alpha value is -2.89. The zero-order valence-electron chi connectivity index (χ0n) is 12.8. The molecule has 6 heteroatoms. The number of amides is 1. The Morgan fingerprint density at radius 1 is 1.13 bits per heavy atom. The minimum atomic E-state index is -0.429. The molecule has 1 aliphatic rings. The number of carbonyl (C=O) groups is 1. The molecule has 0 radical (unpaired) electrons. The normalized spacial score (nSPS) is 17.3. The molecule has 0 aliphatic carbocycles. The molecule has 0 bridgehead atoms. The average Bonchev–Trinajstić information content (AvgIpc) is 2.96. The Morgan fingerprint density at radius 2 is 1.78 bits per heavy atom. The van der Waals surface area contributed by atoms with Crippen LogP contribution in [0.25, 0.3) is 0 Å². The monoisotopic (exact) mass is 311 g/mol. The molecule has 1 atom stereocenters. The molecule has 2 aromatic rings. The van der Waals surface area contributed by atoms with Gasteiger partial charge < -0.3 is 9.80 Å². The molecule has 23 heavy (non-hydrogen) atoms. The van der Waals surface area contributed by atoms with Crippen LogP contribution in [0, 0.1) is 10.1 Å². The Morgan fingerprint density at radius 3 is 2.39 bits per heavy atom. The van der Waals surface area contributed by atoms with Crippen molar-refractivity contribution in [2.75, 3.05) is 23.4 Å². The van der Waals surface area contributed by atoms with E-state index in [1.54, 1.807) is 17.0 Å². The van der Waals surface area contributed by atoms with Gasteiger partial charge >= 0.3 is 0 Å². The first-order valence-corrected chi connectivity index (χ1v) is 7.41.